The van der Waals surface area contributed by atoms with Gasteiger partial charge in [-0.05, 0) is 50.1 Å². The highest BCUT2D eigenvalue weighted by molar-refractivity contribution is 5.74. The van der Waals surface area contributed by atoms with Crippen LogP contribution in [0.1, 0.15) is 19.4 Å². The van der Waals surface area contributed by atoms with Crippen LogP contribution in [0.25, 0.3) is 11.1 Å². The molecule has 0 unspecified atom stereocenters. The lowest BCUT2D eigenvalue weighted by molar-refractivity contribution is -0.383. The Morgan fingerprint density at radius 2 is 2.00 bits per heavy atom. The summed E-state index contributed by atoms with van der Waals surface area (Å²) < 4.78 is 6.96. The van der Waals surface area contributed by atoms with E-state index in [9.17, 15) is 14.9 Å². The van der Waals surface area contributed by atoms with Gasteiger partial charge in [0.25, 0.3) is 11.2 Å². The first kappa shape index (κ1) is 18.7. The second-order valence-corrected chi connectivity index (χ2v) is 6.16. The highest BCUT2D eigenvalue weighted by Crippen LogP contribution is 2.30. The third-order valence-electron chi connectivity index (χ3n) is 3.76. The van der Waals surface area contributed by atoms with Gasteiger partial charge in [-0.2, -0.15) is 0 Å². The predicted molar refractivity (Wildman–Crippen MR) is 98.1 cm³/mol. The molecule has 0 saturated carbocycles. The second kappa shape index (κ2) is 7.94. The first-order valence-electron chi connectivity index (χ1n) is 8.11. The lowest BCUT2D eigenvalue weighted by atomic mass is 10.0. The van der Waals surface area contributed by atoms with Crippen molar-refractivity contribution in [2.45, 2.75) is 26.9 Å². The number of anilines is 1. The zero-order valence-corrected chi connectivity index (χ0v) is 14.9. The molecule has 1 heterocycles. The molecule has 1 aromatic heterocycles. The Morgan fingerprint density at radius 3 is 2.60 bits per heavy atom. The topological polar surface area (TPSA) is 86.4 Å². The van der Waals surface area contributed by atoms with Gasteiger partial charge in [-0.25, -0.2) is 0 Å². The van der Waals surface area contributed by atoms with Gasteiger partial charge in [-0.1, -0.05) is 0 Å². The Bertz CT molecular complexity index is 801. The number of nitrogens with zero attached hydrogens (tertiary/aromatic N) is 2. The number of nitrogens with one attached hydrogen (secondary N) is 1. The van der Waals surface area contributed by atoms with Crippen LogP contribution in [0, 0.1) is 17.0 Å². The summed E-state index contributed by atoms with van der Waals surface area (Å²) in [6.07, 6.45) is 1.83. The number of ether oxygens (including phenoxy) is 1. The molecule has 1 N–H and O–H groups in total. The van der Waals surface area contributed by atoms with Crippen LogP contribution in [0.15, 0.2) is 35.3 Å². The van der Waals surface area contributed by atoms with Crippen LogP contribution in [0.4, 0.5) is 11.4 Å². The van der Waals surface area contributed by atoms with Crippen LogP contribution in [-0.2, 0) is 11.8 Å². The number of pyridine rings is 1. The molecule has 0 atom stereocenters. The van der Waals surface area contributed by atoms with Crippen LogP contribution in [0.5, 0.6) is 0 Å². The molecule has 0 aliphatic heterocycles. The highest BCUT2D eigenvalue weighted by Gasteiger charge is 2.15. The van der Waals surface area contributed by atoms with Gasteiger partial charge in [0, 0.05) is 31.4 Å². The van der Waals surface area contributed by atoms with E-state index >= 15 is 0 Å². The van der Waals surface area contributed by atoms with E-state index in [1.54, 1.807) is 38.4 Å². The summed E-state index contributed by atoms with van der Waals surface area (Å²) >= 11 is 0. The highest BCUT2D eigenvalue weighted by atomic mass is 16.6. The fourth-order valence-electron chi connectivity index (χ4n) is 2.53. The smallest absolute Gasteiger partial charge is 0.292 e. The normalized spacial score (nSPS) is 10.9. The van der Waals surface area contributed by atoms with Crippen LogP contribution in [0.2, 0.25) is 0 Å². The first-order valence-corrected chi connectivity index (χ1v) is 8.11. The van der Waals surface area contributed by atoms with Gasteiger partial charge in [0.05, 0.1) is 17.6 Å². The Kier molecular flexibility index (Phi) is 5.93. The van der Waals surface area contributed by atoms with Crippen molar-refractivity contribution in [2.24, 2.45) is 7.05 Å². The molecule has 0 aliphatic carbocycles. The number of rotatable bonds is 7. The average Bonchev–Trinajstić information content (AvgIpc) is 2.55. The predicted octanol–water partition coefficient (Wildman–Crippen LogP) is 3.11. The molecule has 2 aromatic rings. The van der Waals surface area contributed by atoms with Crippen molar-refractivity contribution in [3.8, 4) is 11.1 Å². The molecule has 0 spiro atoms. The fraction of sp³-hybridized carbons (Fsp3) is 0.389. The summed E-state index contributed by atoms with van der Waals surface area (Å²) in [7, 11) is 1.69. The molecule has 0 radical (unpaired) electrons. The molecule has 25 heavy (non-hydrogen) atoms. The van der Waals surface area contributed by atoms with E-state index in [-0.39, 0.29) is 17.4 Å². The van der Waals surface area contributed by atoms with E-state index in [4.69, 9.17) is 4.74 Å². The van der Waals surface area contributed by atoms with Crippen molar-refractivity contribution in [1.29, 1.82) is 0 Å². The second-order valence-electron chi connectivity index (χ2n) is 6.16. The minimum atomic E-state index is -0.415. The van der Waals surface area contributed by atoms with E-state index < -0.39 is 4.92 Å². The summed E-state index contributed by atoms with van der Waals surface area (Å²) in [4.78, 5) is 22.7. The van der Waals surface area contributed by atoms with Crippen LogP contribution >= 0.6 is 0 Å². The van der Waals surface area contributed by atoms with Crippen molar-refractivity contribution in [3.05, 3.63) is 56.5 Å². The van der Waals surface area contributed by atoms with E-state index in [2.05, 4.69) is 5.32 Å². The third-order valence-corrected chi connectivity index (χ3v) is 3.76. The van der Waals surface area contributed by atoms with Crippen LogP contribution < -0.4 is 10.9 Å². The van der Waals surface area contributed by atoms with Crippen molar-refractivity contribution in [1.82, 2.24) is 4.57 Å². The standard InChI is InChI=1S/C18H23N3O4/c1-12(2)25-8-7-19-16-10-14(5-6-17(16)21(23)24)15-9-13(3)18(22)20(4)11-15/h5-6,9-12,19H,7-8H2,1-4H3. The maximum atomic E-state index is 11.8. The first-order chi connectivity index (χ1) is 11.8. The van der Waals surface area contributed by atoms with Gasteiger partial charge >= 0.3 is 0 Å². The lowest BCUT2D eigenvalue weighted by Crippen LogP contribution is -2.18. The van der Waals surface area contributed by atoms with Crippen molar-refractivity contribution >= 4 is 11.4 Å². The average molecular weight is 345 g/mol. The third kappa shape index (κ3) is 4.67. The number of hydrogen-bond donors (Lipinski definition) is 1. The van der Waals surface area contributed by atoms with Crippen LogP contribution in [-0.4, -0.2) is 28.7 Å². The van der Waals surface area contributed by atoms with E-state index in [0.717, 1.165) is 11.1 Å². The maximum Gasteiger partial charge on any atom is 0.292 e. The van der Waals surface area contributed by atoms with E-state index in [0.29, 0.717) is 24.4 Å². The van der Waals surface area contributed by atoms with Gasteiger partial charge in [-0.3, -0.25) is 14.9 Å². The number of aromatic nitrogens is 1. The Morgan fingerprint density at radius 1 is 1.28 bits per heavy atom. The number of aryl methyl sites for hydroxylation is 2. The molecule has 0 bridgehead atoms. The molecule has 7 nitrogen and oxygen atoms in total. The molecular formula is C18H23N3O4. The Labute approximate surface area is 146 Å². The summed E-state index contributed by atoms with van der Waals surface area (Å²) in [5.41, 5.74) is 2.64. The Balaban J connectivity index is 2.33. The Hall–Kier alpha value is -2.67. The van der Waals surface area contributed by atoms with E-state index in [1.807, 2.05) is 13.8 Å². The van der Waals surface area contributed by atoms with Crippen molar-refractivity contribution in [3.63, 3.8) is 0 Å². The molecule has 7 heteroatoms. The number of benzene rings is 1. The minimum Gasteiger partial charge on any atom is -0.377 e. The molecule has 2 rings (SSSR count). The summed E-state index contributed by atoms with van der Waals surface area (Å²) in [6, 6.07) is 6.68. The largest absolute Gasteiger partial charge is 0.377 e. The molecule has 0 fully saturated rings. The van der Waals surface area contributed by atoms with Crippen LogP contribution in [0.3, 0.4) is 0 Å². The minimum absolute atomic E-state index is 0.00911. The summed E-state index contributed by atoms with van der Waals surface area (Å²) in [5, 5.41) is 14.3. The van der Waals surface area contributed by atoms with Crippen molar-refractivity contribution < 1.29 is 9.66 Å². The van der Waals surface area contributed by atoms with Crippen molar-refractivity contribution in [2.75, 3.05) is 18.5 Å². The molecular weight excluding hydrogens is 322 g/mol. The zero-order chi connectivity index (χ0) is 18.6. The van der Waals surface area contributed by atoms with Gasteiger partial charge < -0.3 is 14.6 Å². The molecule has 0 saturated heterocycles. The summed E-state index contributed by atoms with van der Waals surface area (Å²) in [6.45, 7) is 6.54. The molecule has 0 amide bonds. The molecule has 1 aromatic carbocycles. The number of hydrogen-bond acceptors (Lipinski definition) is 5. The van der Waals surface area contributed by atoms with Gasteiger partial charge in [0.15, 0.2) is 0 Å². The zero-order valence-electron chi connectivity index (χ0n) is 14.9. The summed E-state index contributed by atoms with van der Waals surface area (Å²) in [5.74, 6) is 0. The number of nitro benzene ring substituents is 1. The number of nitro groups is 1. The van der Waals surface area contributed by atoms with Gasteiger partial charge in [-0.15, -0.1) is 0 Å². The van der Waals surface area contributed by atoms with E-state index in [1.165, 1.54) is 10.6 Å². The van der Waals surface area contributed by atoms with Gasteiger partial charge in [0.2, 0.25) is 0 Å². The monoisotopic (exact) mass is 345 g/mol. The quantitative estimate of drug-likeness (QED) is 0.473. The SMILES string of the molecule is Cc1cc(-c2ccc([N+](=O)[O-])c(NCCOC(C)C)c2)cn(C)c1=O. The lowest BCUT2D eigenvalue weighted by Gasteiger charge is -2.12. The fourth-order valence-corrected chi connectivity index (χ4v) is 2.53. The molecule has 134 valence electrons. The maximum absolute atomic E-state index is 11.8. The van der Waals surface area contributed by atoms with Gasteiger partial charge in [0.1, 0.15) is 5.69 Å². The molecule has 0 aliphatic rings.